The van der Waals surface area contributed by atoms with Crippen molar-refractivity contribution in [3.63, 3.8) is 0 Å². The van der Waals surface area contributed by atoms with Gasteiger partial charge in [0.05, 0.1) is 30.4 Å². The lowest BCUT2D eigenvalue weighted by atomic mass is 10.3. The van der Waals surface area contributed by atoms with E-state index in [1.165, 1.54) is 24.3 Å². The molecular weight excluding hydrogens is 304 g/mol. The van der Waals surface area contributed by atoms with E-state index in [1.807, 2.05) is 0 Å². The van der Waals surface area contributed by atoms with E-state index in [9.17, 15) is 14.9 Å². The molecular formula is C14H18N4O5. The van der Waals surface area contributed by atoms with Gasteiger partial charge in [0.25, 0.3) is 5.69 Å². The summed E-state index contributed by atoms with van der Waals surface area (Å²) in [6, 6.07) is 5.75. The molecule has 0 radical (unpaired) electrons. The molecule has 1 aliphatic heterocycles. The first kappa shape index (κ1) is 16.7. The molecule has 0 spiro atoms. The van der Waals surface area contributed by atoms with E-state index in [4.69, 9.17) is 9.47 Å². The van der Waals surface area contributed by atoms with Crippen LogP contribution in [0.5, 0.6) is 0 Å². The zero-order valence-electron chi connectivity index (χ0n) is 12.7. The third-order valence-electron chi connectivity index (χ3n) is 3.14. The Morgan fingerprint density at radius 3 is 2.61 bits per heavy atom. The van der Waals surface area contributed by atoms with Crippen molar-refractivity contribution in [1.82, 2.24) is 4.90 Å². The molecule has 124 valence electrons. The van der Waals surface area contributed by atoms with Crippen LogP contribution < -0.4 is 5.43 Å². The van der Waals surface area contributed by atoms with Gasteiger partial charge in [-0.1, -0.05) is 0 Å². The lowest BCUT2D eigenvalue weighted by Crippen LogP contribution is -2.45. The van der Waals surface area contributed by atoms with E-state index in [0.29, 0.717) is 32.0 Å². The second kappa shape index (κ2) is 8.08. The number of nitro groups is 1. The second-order valence-corrected chi connectivity index (χ2v) is 4.67. The van der Waals surface area contributed by atoms with Crippen molar-refractivity contribution in [3.8, 4) is 0 Å². The molecule has 9 nitrogen and oxygen atoms in total. The van der Waals surface area contributed by atoms with Gasteiger partial charge in [0.15, 0.2) is 0 Å². The fraction of sp³-hybridized carbons (Fsp3) is 0.429. The minimum atomic E-state index is -0.524. The molecule has 9 heteroatoms. The fourth-order valence-corrected chi connectivity index (χ4v) is 1.99. The Labute approximate surface area is 133 Å². The standard InChI is InChI=1S/C14H18N4O5/c1-2-23-14(19)13(17-7-9-22-10-8-17)16-15-11-3-5-12(6-4-11)18(20)21/h3-6,15H,2,7-10H2,1H3/b16-13+. The maximum Gasteiger partial charge on any atom is 0.375 e. The van der Waals surface area contributed by atoms with Gasteiger partial charge in [-0.25, -0.2) is 4.79 Å². The Kier molecular flexibility index (Phi) is 5.87. The van der Waals surface area contributed by atoms with Gasteiger partial charge < -0.3 is 14.4 Å². The average Bonchev–Trinajstić information content (AvgIpc) is 2.57. The molecule has 0 atom stereocenters. The smallest absolute Gasteiger partial charge is 0.375 e. The topological polar surface area (TPSA) is 106 Å². The van der Waals surface area contributed by atoms with Crippen LogP contribution in [0.1, 0.15) is 6.92 Å². The summed E-state index contributed by atoms with van der Waals surface area (Å²) in [4.78, 5) is 24.0. The van der Waals surface area contributed by atoms with Gasteiger partial charge in [0, 0.05) is 25.2 Å². The first-order valence-corrected chi connectivity index (χ1v) is 7.19. The van der Waals surface area contributed by atoms with Gasteiger partial charge in [0.2, 0.25) is 5.84 Å². The minimum absolute atomic E-state index is 0.0154. The maximum absolute atomic E-state index is 12.0. The number of nitrogens with zero attached hydrogens (tertiary/aromatic N) is 3. The number of hydrazone groups is 1. The second-order valence-electron chi connectivity index (χ2n) is 4.67. The van der Waals surface area contributed by atoms with Crippen LogP contribution >= 0.6 is 0 Å². The van der Waals surface area contributed by atoms with Crippen LogP contribution in [0.15, 0.2) is 29.4 Å². The number of esters is 1. The van der Waals surface area contributed by atoms with Gasteiger partial charge in [-0.15, -0.1) is 5.10 Å². The van der Waals surface area contributed by atoms with E-state index in [2.05, 4.69) is 10.5 Å². The highest BCUT2D eigenvalue weighted by Gasteiger charge is 2.23. The maximum atomic E-state index is 12.0. The first-order valence-electron chi connectivity index (χ1n) is 7.19. The quantitative estimate of drug-likeness (QED) is 0.292. The summed E-state index contributed by atoms with van der Waals surface area (Å²) in [7, 11) is 0. The van der Waals surface area contributed by atoms with Crippen LogP contribution in [0, 0.1) is 10.1 Å². The fourth-order valence-electron chi connectivity index (χ4n) is 1.99. The van der Waals surface area contributed by atoms with Crippen molar-refractivity contribution in [2.75, 3.05) is 38.3 Å². The lowest BCUT2D eigenvalue weighted by Gasteiger charge is -2.28. The van der Waals surface area contributed by atoms with Gasteiger partial charge in [-0.3, -0.25) is 15.5 Å². The normalized spacial score (nSPS) is 15.2. The molecule has 0 aliphatic carbocycles. The van der Waals surface area contributed by atoms with Crippen LogP contribution in [0.4, 0.5) is 11.4 Å². The highest BCUT2D eigenvalue weighted by atomic mass is 16.6. The van der Waals surface area contributed by atoms with E-state index < -0.39 is 10.9 Å². The summed E-state index contributed by atoms with van der Waals surface area (Å²) >= 11 is 0. The summed E-state index contributed by atoms with van der Waals surface area (Å²) in [6.45, 7) is 4.07. The summed E-state index contributed by atoms with van der Waals surface area (Å²) in [5.74, 6) is -0.364. The summed E-state index contributed by atoms with van der Waals surface area (Å²) in [5, 5.41) is 14.7. The van der Waals surface area contributed by atoms with Crippen LogP contribution in [-0.2, 0) is 14.3 Å². The summed E-state index contributed by atoms with van der Waals surface area (Å²) in [5.41, 5.74) is 3.25. The third-order valence-corrected chi connectivity index (χ3v) is 3.14. The number of morpholine rings is 1. The van der Waals surface area contributed by atoms with E-state index in [1.54, 1.807) is 11.8 Å². The number of carbonyl (C=O) groups is 1. The van der Waals surface area contributed by atoms with Gasteiger partial charge in [-0.05, 0) is 19.1 Å². The lowest BCUT2D eigenvalue weighted by molar-refractivity contribution is -0.384. The van der Waals surface area contributed by atoms with E-state index in [-0.39, 0.29) is 18.1 Å². The van der Waals surface area contributed by atoms with Crippen LogP contribution in [-0.4, -0.2) is 54.5 Å². The number of amidine groups is 1. The number of nitrogens with one attached hydrogen (secondary N) is 1. The van der Waals surface area contributed by atoms with Crippen molar-refractivity contribution in [3.05, 3.63) is 34.4 Å². The Hall–Kier alpha value is -2.68. The first-order chi connectivity index (χ1) is 11.1. The molecule has 1 aromatic carbocycles. The Morgan fingerprint density at radius 2 is 2.04 bits per heavy atom. The number of non-ortho nitro benzene ring substituents is 1. The van der Waals surface area contributed by atoms with E-state index in [0.717, 1.165) is 0 Å². The Bertz CT molecular complexity index is 581. The number of carbonyl (C=O) groups excluding carboxylic acids is 1. The third kappa shape index (κ3) is 4.65. The van der Waals surface area contributed by atoms with Crippen molar-refractivity contribution in [2.24, 2.45) is 5.10 Å². The highest BCUT2D eigenvalue weighted by Crippen LogP contribution is 2.15. The number of benzene rings is 1. The average molecular weight is 322 g/mol. The van der Waals surface area contributed by atoms with Crippen LogP contribution in [0.2, 0.25) is 0 Å². The number of hydrogen-bond acceptors (Lipinski definition) is 7. The predicted octanol–water partition coefficient (Wildman–Crippen LogP) is 1.22. The van der Waals surface area contributed by atoms with Crippen molar-refractivity contribution >= 4 is 23.2 Å². The molecule has 0 bridgehead atoms. The molecule has 1 heterocycles. The van der Waals surface area contributed by atoms with Crippen LogP contribution in [0.3, 0.4) is 0 Å². The number of ether oxygens (including phenoxy) is 2. The van der Waals surface area contributed by atoms with Gasteiger partial charge in [-0.2, -0.15) is 0 Å². The molecule has 2 rings (SSSR count). The SMILES string of the molecule is CCOC(=O)/C(=N\Nc1ccc([N+](=O)[O-])cc1)N1CCOCC1. The molecule has 1 aliphatic rings. The molecule has 1 fully saturated rings. The number of rotatable bonds is 4. The Balaban J connectivity index is 2.12. The van der Waals surface area contributed by atoms with Gasteiger partial charge in [0.1, 0.15) is 0 Å². The molecule has 0 aromatic heterocycles. The number of anilines is 1. The molecule has 0 unspecified atom stereocenters. The molecule has 1 aromatic rings. The molecule has 1 N–H and O–H groups in total. The Morgan fingerprint density at radius 1 is 1.39 bits per heavy atom. The van der Waals surface area contributed by atoms with Gasteiger partial charge >= 0.3 is 5.97 Å². The zero-order chi connectivity index (χ0) is 16.7. The summed E-state index contributed by atoms with van der Waals surface area (Å²) in [6.07, 6.45) is 0. The van der Waals surface area contributed by atoms with Crippen molar-refractivity contribution in [2.45, 2.75) is 6.92 Å². The van der Waals surface area contributed by atoms with Crippen molar-refractivity contribution < 1.29 is 19.2 Å². The van der Waals surface area contributed by atoms with Crippen molar-refractivity contribution in [1.29, 1.82) is 0 Å². The molecule has 0 amide bonds. The molecule has 1 saturated heterocycles. The number of hydrogen-bond donors (Lipinski definition) is 1. The van der Waals surface area contributed by atoms with Crippen LogP contribution in [0.25, 0.3) is 0 Å². The largest absolute Gasteiger partial charge is 0.460 e. The minimum Gasteiger partial charge on any atom is -0.460 e. The monoisotopic (exact) mass is 322 g/mol. The highest BCUT2D eigenvalue weighted by molar-refractivity contribution is 6.35. The summed E-state index contributed by atoms with van der Waals surface area (Å²) < 4.78 is 10.3. The molecule has 0 saturated carbocycles. The zero-order valence-corrected chi connectivity index (χ0v) is 12.7. The van der Waals surface area contributed by atoms with E-state index >= 15 is 0 Å². The molecule has 23 heavy (non-hydrogen) atoms. The predicted molar refractivity (Wildman–Crippen MR) is 83.2 cm³/mol. The number of nitro benzene ring substituents is 1.